The van der Waals surface area contributed by atoms with E-state index in [1.54, 1.807) is 14.0 Å². The minimum Gasteiger partial charge on any atom is -0.495 e. The van der Waals surface area contributed by atoms with Crippen LogP contribution < -0.4 is 24.4 Å². The summed E-state index contributed by atoms with van der Waals surface area (Å²) in [5.41, 5.74) is 1.93. The number of halogens is 2. The normalized spacial score (nSPS) is 17.0. The molecule has 0 atom stereocenters. The van der Waals surface area contributed by atoms with Gasteiger partial charge in [0, 0.05) is 57.1 Å². The van der Waals surface area contributed by atoms with Crippen LogP contribution in [-0.2, 0) is 6.61 Å². The lowest BCUT2D eigenvalue weighted by Gasteiger charge is -2.42. The highest BCUT2D eigenvalue weighted by molar-refractivity contribution is 5.68. The number of aryl methyl sites for hydroxylation is 1. The predicted octanol–water partition coefficient (Wildman–Crippen LogP) is 4.62. The van der Waals surface area contributed by atoms with Crippen LogP contribution in [0.4, 0.5) is 26.0 Å². The van der Waals surface area contributed by atoms with Gasteiger partial charge in [-0.3, -0.25) is 4.90 Å². The van der Waals surface area contributed by atoms with Crippen LogP contribution in [0.2, 0.25) is 0 Å². The summed E-state index contributed by atoms with van der Waals surface area (Å²) in [6, 6.07) is 7.97. The van der Waals surface area contributed by atoms with Gasteiger partial charge in [0.25, 0.3) is 0 Å². The van der Waals surface area contributed by atoms with Crippen molar-refractivity contribution < 1.29 is 23.0 Å². The van der Waals surface area contributed by atoms with Gasteiger partial charge in [0.15, 0.2) is 11.6 Å². The maximum absolute atomic E-state index is 14.5. The van der Waals surface area contributed by atoms with Crippen molar-refractivity contribution in [1.29, 1.82) is 0 Å². The average molecular weight is 569 g/mol. The Balaban J connectivity index is 1.18. The molecule has 0 amide bonds. The van der Waals surface area contributed by atoms with E-state index < -0.39 is 11.6 Å². The van der Waals surface area contributed by atoms with E-state index in [9.17, 15) is 8.78 Å². The van der Waals surface area contributed by atoms with Crippen molar-refractivity contribution in [3.63, 3.8) is 0 Å². The first-order valence-corrected chi connectivity index (χ1v) is 13.9. The molecule has 0 spiro atoms. The maximum Gasteiger partial charge on any atom is 0.232 e. The largest absolute Gasteiger partial charge is 0.495 e. The molecule has 0 saturated carbocycles. The van der Waals surface area contributed by atoms with Crippen LogP contribution in [0, 0.1) is 18.6 Å². The van der Waals surface area contributed by atoms with Crippen LogP contribution in [0.3, 0.4) is 0 Å². The number of nitrogens with one attached hydrogen (secondary N) is 1. The number of aromatic nitrogens is 2. The van der Waals surface area contributed by atoms with Gasteiger partial charge in [0.05, 0.1) is 37.9 Å². The second-order valence-corrected chi connectivity index (χ2v) is 10.6. The standard InChI is InChI=1S/C30H38F2N6O3/c1-20-15-26(40-4)30(32)23(29(20)31)19-41-28-18-33-27(17-34-28)35-21-5-6-24(25(16-21)39-3)38-9-7-22(8-10-38)37-13-11-36(2)12-14-37/h5-6,15-18,22H,7-14,19H2,1-4H3,(H,33,35). The minimum atomic E-state index is -0.793. The molecular formula is C30H38F2N6O3. The topological polar surface area (TPSA) is 75.2 Å². The zero-order valence-corrected chi connectivity index (χ0v) is 24.1. The summed E-state index contributed by atoms with van der Waals surface area (Å²) in [5, 5.41) is 3.23. The highest BCUT2D eigenvalue weighted by Gasteiger charge is 2.27. The molecule has 11 heteroatoms. The molecule has 0 aliphatic carbocycles. The number of nitrogens with zero attached hydrogens (tertiary/aromatic N) is 5. The first kappa shape index (κ1) is 28.8. The molecule has 3 aromatic rings. The fourth-order valence-corrected chi connectivity index (χ4v) is 5.51. The molecule has 2 aliphatic rings. The summed E-state index contributed by atoms with van der Waals surface area (Å²) in [6.07, 6.45) is 5.20. The van der Waals surface area contributed by atoms with E-state index in [1.165, 1.54) is 25.6 Å². The Kier molecular flexibility index (Phi) is 9.04. The van der Waals surface area contributed by atoms with Crippen molar-refractivity contribution in [3.8, 4) is 17.4 Å². The second-order valence-electron chi connectivity index (χ2n) is 10.6. The van der Waals surface area contributed by atoms with E-state index in [-0.39, 0.29) is 29.4 Å². The molecule has 2 saturated heterocycles. The fourth-order valence-electron chi connectivity index (χ4n) is 5.51. The Morgan fingerprint density at radius 2 is 1.63 bits per heavy atom. The number of hydrogen-bond acceptors (Lipinski definition) is 9. The number of rotatable bonds is 9. The summed E-state index contributed by atoms with van der Waals surface area (Å²) in [4.78, 5) is 16.0. The third kappa shape index (κ3) is 6.62. The van der Waals surface area contributed by atoms with Gasteiger partial charge in [-0.2, -0.15) is 0 Å². The molecule has 1 aromatic heterocycles. The number of likely N-dealkylation sites (N-methyl/N-ethyl adjacent to an activating group) is 1. The van der Waals surface area contributed by atoms with E-state index in [2.05, 4.69) is 43.1 Å². The third-order valence-electron chi connectivity index (χ3n) is 7.96. The van der Waals surface area contributed by atoms with Crippen molar-refractivity contribution in [1.82, 2.24) is 19.8 Å². The van der Waals surface area contributed by atoms with Gasteiger partial charge >= 0.3 is 0 Å². The summed E-state index contributed by atoms with van der Waals surface area (Å²) in [7, 11) is 5.21. The van der Waals surface area contributed by atoms with Crippen molar-refractivity contribution in [2.45, 2.75) is 32.4 Å². The molecule has 5 rings (SSSR count). The number of piperidine rings is 1. The van der Waals surface area contributed by atoms with E-state index in [0.717, 1.165) is 69.2 Å². The molecule has 2 aromatic carbocycles. The minimum absolute atomic E-state index is 0.0373. The Morgan fingerprint density at radius 3 is 2.29 bits per heavy atom. The molecule has 9 nitrogen and oxygen atoms in total. The average Bonchev–Trinajstić information content (AvgIpc) is 3.00. The van der Waals surface area contributed by atoms with E-state index >= 15 is 0 Å². The Labute approximate surface area is 240 Å². The summed E-state index contributed by atoms with van der Waals surface area (Å²) >= 11 is 0. The predicted molar refractivity (Wildman–Crippen MR) is 155 cm³/mol. The van der Waals surface area contributed by atoms with E-state index in [4.69, 9.17) is 14.2 Å². The molecule has 0 radical (unpaired) electrons. The number of hydrogen-bond donors (Lipinski definition) is 1. The SMILES string of the molecule is COc1cc(Nc2cnc(OCc3c(F)c(C)cc(OC)c3F)cn2)ccc1N1CCC(N2CCN(C)CC2)CC1. The quantitative estimate of drug-likeness (QED) is 0.398. The number of ether oxygens (including phenoxy) is 3. The summed E-state index contributed by atoms with van der Waals surface area (Å²) < 4.78 is 45.2. The third-order valence-corrected chi connectivity index (χ3v) is 7.96. The highest BCUT2D eigenvalue weighted by atomic mass is 19.1. The molecule has 1 N–H and O–H groups in total. The molecule has 2 fully saturated rings. The van der Waals surface area contributed by atoms with Crippen molar-refractivity contribution in [3.05, 3.63) is 59.4 Å². The van der Waals surface area contributed by atoms with Gasteiger partial charge in [0.1, 0.15) is 24.0 Å². The Hall–Kier alpha value is -3.70. The van der Waals surface area contributed by atoms with Gasteiger partial charge in [0.2, 0.25) is 5.88 Å². The van der Waals surface area contributed by atoms with E-state index in [0.29, 0.717) is 11.9 Å². The van der Waals surface area contributed by atoms with Crippen molar-refractivity contribution in [2.24, 2.45) is 0 Å². The Morgan fingerprint density at radius 1 is 0.902 bits per heavy atom. The van der Waals surface area contributed by atoms with Crippen molar-refractivity contribution in [2.75, 3.05) is 70.8 Å². The Bertz CT molecular complexity index is 1330. The molecular weight excluding hydrogens is 530 g/mol. The zero-order valence-electron chi connectivity index (χ0n) is 24.1. The zero-order chi connectivity index (χ0) is 28.9. The lowest BCUT2D eigenvalue weighted by atomic mass is 10.0. The van der Waals surface area contributed by atoms with E-state index in [1.807, 2.05) is 12.1 Å². The number of methoxy groups -OCH3 is 2. The smallest absolute Gasteiger partial charge is 0.232 e. The summed E-state index contributed by atoms with van der Waals surface area (Å²) in [6.45, 7) is 7.78. The molecule has 0 unspecified atom stereocenters. The van der Waals surface area contributed by atoms with Crippen molar-refractivity contribution >= 4 is 17.2 Å². The van der Waals surface area contributed by atoms with Gasteiger partial charge < -0.3 is 29.3 Å². The number of piperazine rings is 1. The molecule has 3 heterocycles. The molecule has 220 valence electrons. The molecule has 0 bridgehead atoms. The van der Waals surface area contributed by atoms with Gasteiger partial charge in [-0.15, -0.1) is 0 Å². The van der Waals surface area contributed by atoms with Crippen LogP contribution in [-0.4, -0.2) is 86.3 Å². The van der Waals surface area contributed by atoms with Gasteiger partial charge in [-0.25, -0.2) is 18.7 Å². The second kappa shape index (κ2) is 12.9. The number of anilines is 3. The lowest BCUT2D eigenvalue weighted by molar-refractivity contribution is 0.0981. The molecule has 41 heavy (non-hydrogen) atoms. The van der Waals surface area contributed by atoms with Crippen LogP contribution >= 0.6 is 0 Å². The maximum atomic E-state index is 14.5. The summed E-state index contributed by atoms with van der Waals surface area (Å²) in [5.74, 6) is -0.0780. The molecule has 2 aliphatic heterocycles. The first-order chi connectivity index (χ1) is 19.9. The fraction of sp³-hybridized carbons (Fsp3) is 0.467. The lowest BCUT2D eigenvalue weighted by Crippen LogP contribution is -2.52. The van der Waals surface area contributed by atoms with Crippen LogP contribution in [0.15, 0.2) is 36.7 Å². The number of benzene rings is 2. The van der Waals surface area contributed by atoms with Crippen LogP contribution in [0.25, 0.3) is 0 Å². The van der Waals surface area contributed by atoms with Gasteiger partial charge in [-0.1, -0.05) is 0 Å². The highest BCUT2D eigenvalue weighted by Crippen LogP contribution is 2.34. The van der Waals surface area contributed by atoms with Gasteiger partial charge in [-0.05, 0) is 50.6 Å². The monoisotopic (exact) mass is 568 g/mol. The first-order valence-electron chi connectivity index (χ1n) is 13.9. The van der Waals surface area contributed by atoms with Crippen LogP contribution in [0.1, 0.15) is 24.0 Å². The van der Waals surface area contributed by atoms with Crippen LogP contribution in [0.5, 0.6) is 17.4 Å².